The number of hydrogen-bond donors (Lipinski definition) is 3. The van der Waals surface area contributed by atoms with E-state index in [1.165, 1.54) is 0 Å². The van der Waals surface area contributed by atoms with Gasteiger partial charge in [0.15, 0.2) is 11.6 Å². The van der Waals surface area contributed by atoms with Gasteiger partial charge in [-0.3, -0.25) is 4.98 Å². The van der Waals surface area contributed by atoms with Crippen molar-refractivity contribution in [2.24, 2.45) is 5.41 Å². The van der Waals surface area contributed by atoms with E-state index >= 15 is 0 Å². The zero-order valence-corrected chi connectivity index (χ0v) is 21.6. The van der Waals surface area contributed by atoms with Crippen molar-refractivity contribution in [3.05, 3.63) is 70.7 Å². The van der Waals surface area contributed by atoms with Crippen LogP contribution in [-0.4, -0.2) is 58.6 Å². The van der Waals surface area contributed by atoms with Gasteiger partial charge >= 0.3 is 0 Å². The van der Waals surface area contributed by atoms with E-state index in [-0.39, 0.29) is 30.6 Å². The van der Waals surface area contributed by atoms with Crippen molar-refractivity contribution >= 4 is 10.9 Å². The number of pyridine rings is 1. The summed E-state index contributed by atoms with van der Waals surface area (Å²) in [4.78, 5) is 6.60. The number of aromatic nitrogens is 1. The highest BCUT2D eigenvalue weighted by molar-refractivity contribution is 5.85. The van der Waals surface area contributed by atoms with Crippen LogP contribution in [0.4, 0.5) is 13.2 Å². The summed E-state index contributed by atoms with van der Waals surface area (Å²) < 4.78 is 46.1. The van der Waals surface area contributed by atoms with Crippen LogP contribution in [0.3, 0.4) is 0 Å². The average molecular weight is 533 g/mol. The Hall–Kier alpha value is -2.72. The van der Waals surface area contributed by atoms with E-state index < -0.39 is 23.6 Å². The second kappa shape index (κ2) is 12.4. The van der Waals surface area contributed by atoms with Gasteiger partial charge < -0.3 is 25.0 Å². The van der Waals surface area contributed by atoms with Crippen LogP contribution in [-0.2, 0) is 13.0 Å². The molecule has 1 atom stereocenters. The van der Waals surface area contributed by atoms with Gasteiger partial charge in [0.2, 0.25) is 0 Å². The number of halogens is 3. The molecule has 0 aliphatic carbocycles. The summed E-state index contributed by atoms with van der Waals surface area (Å²) >= 11 is 0. The SMILES string of the molecule is COc1ccc2ncc(CO)c([C@@H](O)CCC3(CO)CCN(CCCc4cc(F)cc(F)c4F)CC3)c2c1. The molecule has 2 aromatic carbocycles. The second-order valence-corrected chi connectivity index (χ2v) is 10.3. The zero-order valence-electron chi connectivity index (χ0n) is 21.6. The molecule has 0 saturated carbocycles. The summed E-state index contributed by atoms with van der Waals surface area (Å²) in [6, 6.07) is 7.01. The first-order valence-corrected chi connectivity index (χ1v) is 13.0. The molecule has 2 heterocycles. The lowest BCUT2D eigenvalue weighted by molar-refractivity contribution is 0.0232. The molecule has 0 amide bonds. The second-order valence-electron chi connectivity index (χ2n) is 10.3. The number of nitrogens with zero attached hydrogens (tertiary/aromatic N) is 2. The number of aliphatic hydroxyl groups is 3. The Morgan fingerprint density at radius 2 is 1.84 bits per heavy atom. The minimum atomic E-state index is -1.17. The van der Waals surface area contributed by atoms with Gasteiger partial charge in [-0.25, -0.2) is 13.2 Å². The quantitative estimate of drug-likeness (QED) is 0.311. The fraction of sp³-hybridized carbons (Fsp3) is 0.483. The van der Waals surface area contributed by atoms with Gasteiger partial charge in [-0.1, -0.05) is 0 Å². The molecule has 1 aliphatic heterocycles. The average Bonchev–Trinajstić information content (AvgIpc) is 2.94. The number of fused-ring (bicyclic) bond motifs is 1. The molecule has 38 heavy (non-hydrogen) atoms. The van der Waals surface area contributed by atoms with E-state index in [2.05, 4.69) is 9.88 Å². The fourth-order valence-electron chi connectivity index (χ4n) is 5.49. The standard InChI is InChI=1S/C29H35F3N2O4/c1-38-22-4-5-25-23(15-22)27(20(17-35)16-33-25)26(37)6-7-29(18-36)8-11-34(12-9-29)10-2-3-19-13-21(30)14-24(31)28(19)32/h4-5,13-16,26,35-37H,2-3,6-12,17-18H2,1H3/t26-/m0/s1. The van der Waals surface area contributed by atoms with Gasteiger partial charge in [-0.15, -0.1) is 0 Å². The van der Waals surface area contributed by atoms with Crippen LogP contribution in [0.25, 0.3) is 10.9 Å². The topological polar surface area (TPSA) is 86.0 Å². The molecule has 1 aromatic heterocycles. The van der Waals surface area contributed by atoms with E-state index in [0.717, 1.165) is 37.4 Å². The van der Waals surface area contributed by atoms with Crippen LogP contribution in [0.2, 0.25) is 0 Å². The Bertz CT molecular complexity index is 1240. The monoisotopic (exact) mass is 532 g/mol. The first-order valence-electron chi connectivity index (χ1n) is 13.0. The molecule has 6 nitrogen and oxygen atoms in total. The molecule has 206 valence electrons. The van der Waals surface area contributed by atoms with Crippen molar-refractivity contribution in [2.45, 2.75) is 51.2 Å². The normalized spacial score (nSPS) is 16.6. The fourth-order valence-corrected chi connectivity index (χ4v) is 5.49. The number of rotatable bonds is 11. The number of aryl methyl sites for hydroxylation is 1. The predicted octanol–water partition coefficient (Wildman–Crippen LogP) is 4.67. The van der Waals surface area contributed by atoms with Crippen molar-refractivity contribution in [1.29, 1.82) is 0 Å². The summed E-state index contributed by atoms with van der Waals surface area (Å²) in [5, 5.41) is 32.1. The highest BCUT2D eigenvalue weighted by atomic mass is 19.2. The molecule has 1 saturated heterocycles. The van der Waals surface area contributed by atoms with E-state index in [4.69, 9.17) is 4.74 Å². The van der Waals surface area contributed by atoms with Gasteiger partial charge in [-0.2, -0.15) is 0 Å². The first-order chi connectivity index (χ1) is 18.3. The molecule has 3 N–H and O–H groups in total. The maximum Gasteiger partial charge on any atom is 0.162 e. The summed E-state index contributed by atoms with van der Waals surface area (Å²) in [7, 11) is 1.57. The third-order valence-corrected chi connectivity index (χ3v) is 7.89. The lowest BCUT2D eigenvalue weighted by atomic mass is 9.74. The van der Waals surface area contributed by atoms with Crippen LogP contribution in [0.5, 0.6) is 5.75 Å². The van der Waals surface area contributed by atoms with Crippen LogP contribution in [0, 0.1) is 22.9 Å². The molecule has 0 spiro atoms. The lowest BCUT2D eigenvalue weighted by Crippen LogP contribution is -2.42. The van der Waals surface area contributed by atoms with E-state index in [9.17, 15) is 28.5 Å². The molecule has 0 radical (unpaired) electrons. The number of piperidine rings is 1. The number of aliphatic hydroxyl groups excluding tert-OH is 3. The molecule has 0 unspecified atom stereocenters. The predicted molar refractivity (Wildman–Crippen MR) is 138 cm³/mol. The van der Waals surface area contributed by atoms with Gasteiger partial charge in [0.25, 0.3) is 0 Å². The first kappa shape index (κ1) is 28.3. The zero-order chi connectivity index (χ0) is 27.3. The van der Waals surface area contributed by atoms with Crippen molar-refractivity contribution in [3.8, 4) is 5.75 Å². The number of benzene rings is 2. The highest BCUT2D eigenvalue weighted by Crippen LogP contribution is 2.40. The van der Waals surface area contributed by atoms with Crippen LogP contribution >= 0.6 is 0 Å². The van der Waals surface area contributed by atoms with E-state index in [1.807, 2.05) is 12.1 Å². The van der Waals surface area contributed by atoms with Gasteiger partial charge in [0, 0.05) is 29.8 Å². The number of ether oxygens (including phenoxy) is 1. The Kier molecular flexibility index (Phi) is 9.25. The van der Waals surface area contributed by atoms with Gasteiger partial charge in [0.05, 0.1) is 25.3 Å². The summed E-state index contributed by atoms with van der Waals surface area (Å²) in [5.74, 6) is -2.31. The van der Waals surface area contributed by atoms with Crippen molar-refractivity contribution in [2.75, 3.05) is 33.4 Å². The number of methoxy groups -OCH3 is 1. The molecule has 0 bridgehead atoms. The maximum atomic E-state index is 13.9. The minimum Gasteiger partial charge on any atom is -0.497 e. The molecule has 4 rings (SSSR count). The Balaban J connectivity index is 1.35. The Labute approximate surface area is 220 Å². The third-order valence-electron chi connectivity index (χ3n) is 7.89. The smallest absolute Gasteiger partial charge is 0.162 e. The largest absolute Gasteiger partial charge is 0.497 e. The summed E-state index contributed by atoms with van der Waals surface area (Å²) in [6.07, 6.45) is 4.02. The van der Waals surface area contributed by atoms with Gasteiger partial charge in [-0.05, 0) is 99.0 Å². The molecular formula is C29H35F3N2O4. The van der Waals surface area contributed by atoms with Crippen molar-refractivity contribution in [3.63, 3.8) is 0 Å². The van der Waals surface area contributed by atoms with Crippen LogP contribution in [0.15, 0.2) is 36.5 Å². The summed E-state index contributed by atoms with van der Waals surface area (Å²) in [6.45, 7) is 1.87. The molecule has 1 aliphatic rings. The third kappa shape index (κ3) is 6.29. The molecule has 1 fully saturated rings. The highest BCUT2D eigenvalue weighted by Gasteiger charge is 2.34. The Morgan fingerprint density at radius 1 is 1.08 bits per heavy atom. The Morgan fingerprint density at radius 3 is 2.53 bits per heavy atom. The molecule has 9 heteroatoms. The van der Waals surface area contributed by atoms with E-state index in [0.29, 0.717) is 54.3 Å². The van der Waals surface area contributed by atoms with Crippen LogP contribution in [0.1, 0.15) is 54.9 Å². The number of likely N-dealkylation sites (tertiary alicyclic amines) is 1. The van der Waals surface area contributed by atoms with E-state index in [1.54, 1.807) is 19.4 Å². The van der Waals surface area contributed by atoms with Crippen LogP contribution < -0.4 is 4.74 Å². The summed E-state index contributed by atoms with van der Waals surface area (Å²) in [5.41, 5.74) is 1.59. The van der Waals surface area contributed by atoms with Crippen molar-refractivity contribution < 1.29 is 33.2 Å². The molecule has 3 aromatic rings. The van der Waals surface area contributed by atoms with Gasteiger partial charge in [0.1, 0.15) is 11.6 Å². The number of hydrogen-bond acceptors (Lipinski definition) is 6. The van der Waals surface area contributed by atoms with Crippen molar-refractivity contribution in [1.82, 2.24) is 9.88 Å². The molecular weight excluding hydrogens is 497 g/mol. The maximum absolute atomic E-state index is 13.9. The lowest BCUT2D eigenvalue weighted by Gasteiger charge is -2.41. The minimum absolute atomic E-state index is 0.000880.